The van der Waals surface area contributed by atoms with Crippen LogP contribution in [-0.4, -0.2) is 40.3 Å². The van der Waals surface area contributed by atoms with Crippen LogP contribution >= 0.6 is 11.3 Å². The van der Waals surface area contributed by atoms with Crippen LogP contribution in [0.5, 0.6) is 0 Å². The zero-order chi connectivity index (χ0) is 18.1. The smallest absolute Gasteiger partial charge is 0.200 e. The van der Waals surface area contributed by atoms with Gasteiger partial charge in [0.05, 0.1) is 9.75 Å². The lowest BCUT2D eigenvalue weighted by Crippen LogP contribution is -1.83. The van der Waals surface area contributed by atoms with Crippen LogP contribution in [0.1, 0.15) is 0 Å². The SMILES string of the molecule is c1ccc(-c2n[nH]c(-c3ccc(-c4nc(-c5ccccn5)n[nH]4)s3)n2)nc1. The third-order valence-electron chi connectivity index (χ3n) is 3.83. The highest BCUT2D eigenvalue weighted by atomic mass is 32.1. The van der Waals surface area contributed by atoms with Gasteiger partial charge in [-0.05, 0) is 36.4 Å². The van der Waals surface area contributed by atoms with Crippen molar-refractivity contribution >= 4 is 11.3 Å². The second-order valence-corrected chi connectivity index (χ2v) is 6.69. The molecule has 130 valence electrons. The van der Waals surface area contributed by atoms with Crippen LogP contribution in [0.2, 0.25) is 0 Å². The number of rotatable bonds is 4. The Morgan fingerprint density at radius 2 is 1.15 bits per heavy atom. The Bertz CT molecular complexity index is 1080. The number of pyridine rings is 2. The molecule has 9 heteroatoms. The Kier molecular flexibility index (Phi) is 3.76. The normalized spacial score (nSPS) is 11.0. The number of aromatic nitrogens is 8. The largest absolute Gasteiger partial charge is 0.258 e. The Morgan fingerprint density at radius 3 is 1.59 bits per heavy atom. The van der Waals surface area contributed by atoms with E-state index in [1.54, 1.807) is 23.7 Å². The number of hydrogen-bond acceptors (Lipinski definition) is 7. The van der Waals surface area contributed by atoms with Gasteiger partial charge >= 0.3 is 0 Å². The molecule has 2 N–H and O–H groups in total. The summed E-state index contributed by atoms with van der Waals surface area (Å²) in [6.45, 7) is 0. The molecular formula is C18H12N8S. The quantitative estimate of drug-likeness (QED) is 0.500. The zero-order valence-corrected chi connectivity index (χ0v) is 14.7. The van der Waals surface area contributed by atoms with Crippen molar-refractivity contribution in [2.45, 2.75) is 0 Å². The molecule has 8 nitrogen and oxygen atoms in total. The summed E-state index contributed by atoms with van der Waals surface area (Å²) < 4.78 is 0. The lowest BCUT2D eigenvalue weighted by atomic mass is 10.3. The molecule has 5 aromatic heterocycles. The van der Waals surface area contributed by atoms with E-state index < -0.39 is 0 Å². The number of nitrogens with one attached hydrogen (secondary N) is 2. The molecule has 0 fully saturated rings. The highest BCUT2D eigenvalue weighted by molar-refractivity contribution is 7.18. The minimum Gasteiger partial charge on any atom is -0.258 e. The van der Waals surface area contributed by atoms with Crippen molar-refractivity contribution in [1.29, 1.82) is 0 Å². The Balaban J connectivity index is 1.42. The van der Waals surface area contributed by atoms with Gasteiger partial charge in [0, 0.05) is 12.4 Å². The van der Waals surface area contributed by atoms with Crippen LogP contribution in [0.15, 0.2) is 60.9 Å². The summed E-state index contributed by atoms with van der Waals surface area (Å²) in [4.78, 5) is 19.5. The van der Waals surface area contributed by atoms with Gasteiger partial charge in [0.25, 0.3) is 0 Å². The fourth-order valence-corrected chi connectivity index (χ4v) is 3.44. The van der Waals surface area contributed by atoms with E-state index in [9.17, 15) is 0 Å². The molecule has 0 atom stereocenters. The van der Waals surface area contributed by atoms with Gasteiger partial charge in [-0.15, -0.1) is 11.3 Å². The molecule has 0 aliphatic carbocycles. The average Bonchev–Trinajstić information content (AvgIpc) is 3.49. The summed E-state index contributed by atoms with van der Waals surface area (Å²) in [5.74, 6) is 2.52. The fourth-order valence-electron chi connectivity index (χ4n) is 2.56. The standard InChI is InChI=1S/C18H12N8S/c1-3-9-19-11(5-1)15-21-17(25-23-15)13-7-8-14(27-13)18-22-16(24-26-18)12-6-2-4-10-20-12/h1-10H,(H,21,23,25)(H,22,24,26). The lowest BCUT2D eigenvalue weighted by Gasteiger charge is -1.91. The van der Waals surface area contributed by atoms with Crippen molar-refractivity contribution in [1.82, 2.24) is 40.3 Å². The molecule has 0 aromatic carbocycles. The van der Waals surface area contributed by atoms with E-state index in [-0.39, 0.29) is 0 Å². The summed E-state index contributed by atoms with van der Waals surface area (Å²) in [5.41, 5.74) is 1.46. The Hall–Kier alpha value is -3.72. The fraction of sp³-hybridized carbons (Fsp3) is 0. The van der Waals surface area contributed by atoms with E-state index in [2.05, 4.69) is 40.3 Å². The summed E-state index contributed by atoms with van der Waals surface area (Å²) >= 11 is 1.55. The van der Waals surface area contributed by atoms with Crippen molar-refractivity contribution in [2.24, 2.45) is 0 Å². The van der Waals surface area contributed by atoms with Gasteiger partial charge in [-0.1, -0.05) is 12.1 Å². The van der Waals surface area contributed by atoms with Gasteiger partial charge in [-0.25, -0.2) is 9.97 Å². The molecule has 5 rings (SSSR count). The Labute approximate surface area is 157 Å². The van der Waals surface area contributed by atoms with E-state index >= 15 is 0 Å². The highest BCUT2D eigenvalue weighted by Gasteiger charge is 2.14. The molecule has 0 radical (unpaired) electrons. The predicted octanol–water partition coefficient (Wildman–Crippen LogP) is 3.44. The first kappa shape index (κ1) is 15.5. The summed E-state index contributed by atoms with van der Waals surface area (Å²) in [5, 5.41) is 14.4. The van der Waals surface area contributed by atoms with Crippen molar-refractivity contribution in [2.75, 3.05) is 0 Å². The summed E-state index contributed by atoms with van der Waals surface area (Å²) in [6, 6.07) is 15.2. The molecule has 0 aliphatic rings. The second-order valence-electron chi connectivity index (χ2n) is 5.61. The van der Waals surface area contributed by atoms with Crippen LogP contribution in [0.3, 0.4) is 0 Å². The Morgan fingerprint density at radius 1 is 0.630 bits per heavy atom. The monoisotopic (exact) mass is 372 g/mol. The minimum atomic E-state index is 0.567. The molecular weight excluding hydrogens is 360 g/mol. The lowest BCUT2D eigenvalue weighted by molar-refractivity contribution is 1.09. The number of aromatic amines is 2. The van der Waals surface area contributed by atoms with Crippen LogP contribution in [0.4, 0.5) is 0 Å². The van der Waals surface area contributed by atoms with Gasteiger partial charge in [0.1, 0.15) is 11.4 Å². The first-order valence-electron chi connectivity index (χ1n) is 8.15. The zero-order valence-electron chi connectivity index (χ0n) is 13.9. The molecule has 0 amide bonds. The molecule has 5 heterocycles. The average molecular weight is 372 g/mol. The summed E-state index contributed by atoms with van der Waals surface area (Å²) in [7, 11) is 0. The van der Waals surface area contributed by atoms with E-state index in [1.165, 1.54) is 0 Å². The molecule has 0 saturated carbocycles. The number of hydrogen-bond donors (Lipinski definition) is 2. The van der Waals surface area contributed by atoms with Crippen LogP contribution in [-0.2, 0) is 0 Å². The molecule has 0 aliphatic heterocycles. The molecule has 0 unspecified atom stereocenters. The van der Waals surface area contributed by atoms with Crippen molar-refractivity contribution in [3.8, 4) is 44.4 Å². The van der Waals surface area contributed by atoms with E-state index in [0.29, 0.717) is 23.3 Å². The third-order valence-corrected chi connectivity index (χ3v) is 4.93. The number of H-pyrrole nitrogens is 2. The maximum atomic E-state index is 4.54. The van der Waals surface area contributed by atoms with Gasteiger partial charge < -0.3 is 0 Å². The molecule has 0 saturated heterocycles. The van der Waals surface area contributed by atoms with Gasteiger partial charge in [0.15, 0.2) is 23.3 Å². The van der Waals surface area contributed by atoms with Crippen LogP contribution in [0.25, 0.3) is 44.4 Å². The van der Waals surface area contributed by atoms with Crippen LogP contribution < -0.4 is 0 Å². The predicted molar refractivity (Wildman–Crippen MR) is 102 cm³/mol. The van der Waals surface area contributed by atoms with Gasteiger partial charge in [0.2, 0.25) is 0 Å². The first-order valence-corrected chi connectivity index (χ1v) is 8.97. The van der Waals surface area contributed by atoms with Gasteiger partial charge in [-0.2, -0.15) is 10.2 Å². The molecule has 27 heavy (non-hydrogen) atoms. The van der Waals surface area contributed by atoms with Crippen molar-refractivity contribution in [3.05, 3.63) is 60.9 Å². The number of nitrogens with zero attached hydrogens (tertiary/aromatic N) is 6. The maximum Gasteiger partial charge on any atom is 0.200 e. The van der Waals surface area contributed by atoms with Crippen molar-refractivity contribution < 1.29 is 0 Å². The van der Waals surface area contributed by atoms with Gasteiger partial charge in [-0.3, -0.25) is 20.2 Å². The first-order chi connectivity index (χ1) is 13.4. The van der Waals surface area contributed by atoms with E-state index in [4.69, 9.17) is 0 Å². The minimum absolute atomic E-state index is 0.567. The molecule has 5 aromatic rings. The van der Waals surface area contributed by atoms with Crippen LogP contribution in [0, 0.1) is 0 Å². The van der Waals surface area contributed by atoms with Crippen molar-refractivity contribution in [3.63, 3.8) is 0 Å². The van der Waals surface area contributed by atoms with E-state index in [1.807, 2.05) is 48.5 Å². The third kappa shape index (κ3) is 3.00. The maximum absolute atomic E-state index is 4.54. The van der Waals surface area contributed by atoms with E-state index in [0.717, 1.165) is 21.1 Å². The topological polar surface area (TPSA) is 109 Å². The number of thiophene rings is 1. The summed E-state index contributed by atoms with van der Waals surface area (Å²) in [6.07, 6.45) is 3.44. The second kappa shape index (κ2) is 6.54. The molecule has 0 bridgehead atoms. The molecule has 0 spiro atoms. The highest BCUT2D eigenvalue weighted by Crippen LogP contribution is 2.32.